The van der Waals surface area contributed by atoms with E-state index in [1.807, 2.05) is 39.1 Å². The van der Waals surface area contributed by atoms with Crippen LogP contribution in [0.5, 0.6) is 0 Å². The van der Waals surface area contributed by atoms with Crippen LogP contribution in [0.3, 0.4) is 0 Å². The van der Waals surface area contributed by atoms with Gasteiger partial charge in [-0.25, -0.2) is 9.97 Å². The molecular weight excluding hydrogens is 250 g/mol. The van der Waals surface area contributed by atoms with Gasteiger partial charge in [-0.1, -0.05) is 0 Å². The quantitative estimate of drug-likeness (QED) is 0.749. The number of aromatic nitrogens is 3. The minimum absolute atomic E-state index is 0.700. The summed E-state index contributed by atoms with van der Waals surface area (Å²) in [7, 11) is 2.02. The Bertz CT molecular complexity index is 788. The van der Waals surface area contributed by atoms with Crippen LogP contribution in [0.25, 0.3) is 11.0 Å². The van der Waals surface area contributed by atoms with Crippen LogP contribution in [0.15, 0.2) is 30.5 Å². The zero-order valence-corrected chi connectivity index (χ0v) is 11.8. The minimum Gasteiger partial charge on any atom is -0.397 e. The van der Waals surface area contributed by atoms with Crippen LogP contribution in [-0.2, 0) is 7.05 Å². The number of nitrogens with zero attached hydrogens (tertiary/aromatic N) is 3. The first kappa shape index (κ1) is 12.5. The van der Waals surface area contributed by atoms with E-state index < -0.39 is 0 Å². The number of anilines is 3. The summed E-state index contributed by atoms with van der Waals surface area (Å²) in [4.78, 5) is 8.80. The number of rotatable bonds is 2. The molecule has 0 atom stereocenters. The van der Waals surface area contributed by atoms with Crippen LogP contribution in [0.1, 0.15) is 11.4 Å². The number of nitrogens with one attached hydrogen (secondary N) is 1. The van der Waals surface area contributed by atoms with Crippen LogP contribution < -0.4 is 11.1 Å². The molecule has 0 saturated heterocycles. The van der Waals surface area contributed by atoms with Gasteiger partial charge in [0.25, 0.3) is 0 Å². The number of nitrogen functional groups attached to an aromatic ring is 1. The van der Waals surface area contributed by atoms with Gasteiger partial charge in [0.2, 0.25) is 0 Å². The molecule has 3 aromatic rings. The summed E-state index contributed by atoms with van der Waals surface area (Å²) in [5.41, 5.74) is 10.5. The average Bonchev–Trinajstić information content (AvgIpc) is 2.69. The Kier molecular flexibility index (Phi) is 2.82. The van der Waals surface area contributed by atoms with E-state index in [4.69, 9.17) is 5.73 Å². The molecule has 0 aliphatic carbocycles. The van der Waals surface area contributed by atoms with Gasteiger partial charge in [0.15, 0.2) is 0 Å². The Morgan fingerprint density at radius 1 is 1.20 bits per heavy atom. The lowest BCUT2D eigenvalue weighted by Gasteiger charge is -2.07. The molecule has 5 nitrogen and oxygen atoms in total. The molecule has 0 unspecified atom stereocenters. The average molecular weight is 267 g/mol. The van der Waals surface area contributed by atoms with Crippen molar-refractivity contribution in [1.29, 1.82) is 0 Å². The van der Waals surface area contributed by atoms with E-state index in [1.54, 1.807) is 6.20 Å². The first-order valence-corrected chi connectivity index (χ1v) is 6.47. The lowest BCUT2D eigenvalue weighted by Crippen LogP contribution is -1.97. The van der Waals surface area contributed by atoms with Gasteiger partial charge < -0.3 is 15.6 Å². The Balaban J connectivity index is 1.96. The van der Waals surface area contributed by atoms with E-state index in [9.17, 15) is 0 Å². The van der Waals surface area contributed by atoms with E-state index in [-0.39, 0.29) is 0 Å². The van der Waals surface area contributed by atoms with E-state index in [0.717, 1.165) is 33.9 Å². The predicted octanol–water partition coefficient (Wildman–Crippen LogP) is 2.91. The van der Waals surface area contributed by atoms with Crippen molar-refractivity contribution >= 4 is 28.2 Å². The first-order chi connectivity index (χ1) is 9.54. The molecule has 0 aliphatic heterocycles. The molecule has 2 aromatic heterocycles. The second kappa shape index (κ2) is 4.52. The second-order valence-electron chi connectivity index (χ2n) is 4.97. The number of fused-ring (bicyclic) bond motifs is 1. The van der Waals surface area contributed by atoms with E-state index >= 15 is 0 Å². The van der Waals surface area contributed by atoms with Crippen molar-refractivity contribution < 1.29 is 0 Å². The second-order valence-corrected chi connectivity index (χ2v) is 4.97. The van der Waals surface area contributed by atoms with Crippen LogP contribution in [0.2, 0.25) is 0 Å². The summed E-state index contributed by atoms with van der Waals surface area (Å²) in [5.74, 6) is 1.78. The van der Waals surface area contributed by atoms with Crippen molar-refractivity contribution in [3.8, 4) is 0 Å². The molecule has 102 valence electrons. The van der Waals surface area contributed by atoms with Crippen molar-refractivity contribution in [1.82, 2.24) is 14.5 Å². The summed E-state index contributed by atoms with van der Waals surface area (Å²) in [6, 6.07) is 8.04. The van der Waals surface area contributed by atoms with Crippen LogP contribution in [0, 0.1) is 13.8 Å². The zero-order chi connectivity index (χ0) is 14.3. The normalized spacial score (nSPS) is 10.9. The zero-order valence-electron chi connectivity index (χ0n) is 11.8. The molecule has 20 heavy (non-hydrogen) atoms. The highest BCUT2D eigenvalue weighted by Gasteiger charge is 2.05. The fourth-order valence-electron chi connectivity index (χ4n) is 2.18. The number of benzene rings is 1. The van der Waals surface area contributed by atoms with Gasteiger partial charge in [0.05, 0.1) is 22.9 Å². The molecule has 3 rings (SSSR count). The Morgan fingerprint density at radius 2 is 2.00 bits per heavy atom. The number of pyridine rings is 1. The predicted molar refractivity (Wildman–Crippen MR) is 82.1 cm³/mol. The summed E-state index contributed by atoms with van der Waals surface area (Å²) < 4.78 is 2.07. The number of aryl methyl sites for hydroxylation is 3. The number of nitrogens with two attached hydrogens (primary N) is 1. The van der Waals surface area contributed by atoms with Gasteiger partial charge in [-0.2, -0.15) is 0 Å². The molecule has 2 heterocycles. The van der Waals surface area contributed by atoms with Gasteiger partial charge in [0.1, 0.15) is 11.6 Å². The van der Waals surface area contributed by atoms with Crippen molar-refractivity contribution in [2.75, 3.05) is 11.1 Å². The molecule has 0 saturated carbocycles. The summed E-state index contributed by atoms with van der Waals surface area (Å²) >= 11 is 0. The minimum atomic E-state index is 0.700. The molecule has 0 bridgehead atoms. The van der Waals surface area contributed by atoms with E-state index in [0.29, 0.717) is 5.69 Å². The molecule has 0 aliphatic rings. The monoisotopic (exact) mass is 267 g/mol. The molecule has 1 aromatic carbocycles. The highest BCUT2D eigenvalue weighted by molar-refractivity contribution is 5.81. The molecule has 0 spiro atoms. The SMILES string of the molecule is Cc1cc(Nc2ccc3c(c2)nc(C)n3C)ncc1N. The highest BCUT2D eigenvalue weighted by atomic mass is 15.1. The number of hydrogen-bond acceptors (Lipinski definition) is 4. The van der Waals surface area contributed by atoms with Crippen molar-refractivity contribution in [2.45, 2.75) is 13.8 Å². The van der Waals surface area contributed by atoms with Gasteiger partial charge in [-0.05, 0) is 43.7 Å². The maximum absolute atomic E-state index is 5.77. The molecule has 0 fully saturated rings. The lowest BCUT2D eigenvalue weighted by molar-refractivity contribution is 0.886. The molecular formula is C15H17N5. The first-order valence-electron chi connectivity index (χ1n) is 6.47. The third kappa shape index (κ3) is 2.07. The van der Waals surface area contributed by atoms with Crippen LogP contribution in [-0.4, -0.2) is 14.5 Å². The standard InChI is InChI=1S/C15H17N5/c1-9-6-15(17-8-12(9)16)19-11-4-5-14-13(7-11)18-10(2)20(14)3/h4-8H,16H2,1-3H3,(H,17,19). The Hall–Kier alpha value is -2.56. The third-order valence-electron chi connectivity index (χ3n) is 3.53. The molecule has 3 N–H and O–H groups in total. The number of hydrogen-bond donors (Lipinski definition) is 2. The number of imidazole rings is 1. The van der Waals surface area contributed by atoms with Crippen LogP contribution in [0.4, 0.5) is 17.2 Å². The molecule has 0 radical (unpaired) electrons. The summed E-state index contributed by atoms with van der Waals surface area (Å²) in [6.07, 6.45) is 1.67. The fourth-order valence-corrected chi connectivity index (χ4v) is 2.18. The topological polar surface area (TPSA) is 68.8 Å². The molecule has 5 heteroatoms. The Morgan fingerprint density at radius 3 is 2.75 bits per heavy atom. The van der Waals surface area contributed by atoms with Gasteiger partial charge in [-0.3, -0.25) is 0 Å². The summed E-state index contributed by atoms with van der Waals surface area (Å²) in [6.45, 7) is 3.96. The smallest absolute Gasteiger partial charge is 0.130 e. The maximum atomic E-state index is 5.77. The highest BCUT2D eigenvalue weighted by Crippen LogP contribution is 2.22. The largest absolute Gasteiger partial charge is 0.397 e. The van der Waals surface area contributed by atoms with E-state index in [1.165, 1.54) is 0 Å². The van der Waals surface area contributed by atoms with Crippen molar-refractivity contribution in [3.63, 3.8) is 0 Å². The maximum Gasteiger partial charge on any atom is 0.130 e. The van der Waals surface area contributed by atoms with Gasteiger partial charge >= 0.3 is 0 Å². The third-order valence-corrected chi connectivity index (χ3v) is 3.53. The van der Waals surface area contributed by atoms with Crippen molar-refractivity contribution in [3.05, 3.63) is 41.9 Å². The van der Waals surface area contributed by atoms with Crippen LogP contribution >= 0.6 is 0 Å². The van der Waals surface area contributed by atoms with E-state index in [2.05, 4.69) is 25.9 Å². The summed E-state index contributed by atoms with van der Waals surface area (Å²) in [5, 5.41) is 3.28. The molecule has 0 amide bonds. The Labute approximate surface area is 117 Å². The van der Waals surface area contributed by atoms with Gasteiger partial charge in [0, 0.05) is 12.7 Å². The fraction of sp³-hybridized carbons (Fsp3) is 0.200. The lowest BCUT2D eigenvalue weighted by atomic mass is 10.2. The van der Waals surface area contributed by atoms with Gasteiger partial charge in [-0.15, -0.1) is 0 Å². The van der Waals surface area contributed by atoms with Crippen molar-refractivity contribution in [2.24, 2.45) is 7.05 Å².